The molecular weight excluding hydrogens is 392 g/mol. The average molecular weight is 415 g/mol. The molecule has 7 heteroatoms. The minimum Gasteiger partial charge on any atom is -0.462 e. The van der Waals surface area contributed by atoms with Crippen molar-refractivity contribution in [2.24, 2.45) is 0 Å². The number of nitrogens with one attached hydrogen (secondary N) is 1. The second-order valence-corrected chi connectivity index (χ2v) is 8.57. The van der Waals surface area contributed by atoms with E-state index in [2.05, 4.69) is 34.3 Å². The molecule has 28 heavy (non-hydrogen) atoms. The summed E-state index contributed by atoms with van der Waals surface area (Å²) in [6, 6.07) is 10.1. The van der Waals surface area contributed by atoms with Gasteiger partial charge in [0.1, 0.15) is 15.5 Å². The highest BCUT2D eigenvalue weighted by Crippen LogP contribution is 2.31. The van der Waals surface area contributed by atoms with Crippen LogP contribution in [0, 0.1) is 6.92 Å². The van der Waals surface area contributed by atoms with E-state index in [1.165, 1.54) is 11.3 Å². The molecule has 1 aromatic carbocycles. The number of thioether (sulfide) groups is 1. The van der Waals surface area contributed by atoms with Gasteiger partial charge in [0, 0.05) is 5.75 Å². The van der Waals surface area contributed by atoms with Gasteiger partial charge in [-0.05, 0) is 31.9 Å². The van der Waals surface area contributed by atoms with Crippen molar-refractivity contribution in [3.05, 3.63) is 68.6 Å². The summed E-state index contributed by atoms with van der Waals surface area (Å²) in [5.74, 6) is 1.01. The Kier molecular flexibility index (Phi) is 6.70. The fraction of sp³-hybridized carbons (Fsp3) is 0.286. The molecule has 0 saturated heterocycles. The molecule has 0 radical (unpaired) electrons. The molecule has 0 aliphatic heterocycles. The van der Waals surface area contributed by atoms with E-state index < -0.39 is 5.97 Å². The number of aromatic amines is 1. The minimum absolute atomic E-state index is 0.0194. The number of carbonyl (C=O) groups is 1. The highest BCUT2D eigenvalue weighted by molar-refractivity contribution is 7.99. The van der Waals surface area contributed by atoms with Crippen LogP contribution in [0.25, 0.3) is 16.3 Å². The van der Waals surface area contributed by atoms with Gasteiger partial charge in [-0.1, -0.05) is 42.5 Å². The van der Waals surface area contributed by atoms with Gasteiger partial charge in [-0.25, -0.2) is 9.78 Å². The third kappa shape index (κ3) is 4.54. The largest absolute Gasteiger partial charge is 0.462 e. The molecule has 0 aliphatic carbocycles. The molecule has 146 valence electrons. The number of hydrogen-bond acceptors (Lipinski definition) is 6. The Hall–Kier alpha value is -2.38. The zero-order chi connectivity index (χ0) is 20.1. The number of benzene rings is 1. The van der Waals surface area contributed by atoms with Crippen molar-refractivity contribution >= 4 is 45.4 Å². The van der Waals surface area contributed by atoms with Crippen LogP contribution >= 0.6 is 23.1 Å². The summed E-state index contributed by atoms with van der Waals surface area (Å²) in [5, 5.41) is 0.490. The fourth-order valence-electron chi connectivity index (χ4n) is 2.77. The summed E-state index contributed by atoms with van der Waals surface area (Å²) in [7, 11) is 0. The van der Waals surface area contributed by atoms with E-state index in [9.17, 15) is 9.59 Å². The molecule has 1 N–H and O–H groups in total. The standard InChI is InChI=1S/C21H22N2O3S2/c1-4-26-21(25)17-13(2)16-19(24)22-18(23-20(16)28-17)14(3)27-12-8-11-15-9-6-5-7-10-15/h5-11,14H,4,12H2,1-3H3,(H,22,23,24)/b11-8+/t14-/m0/s1. The van der Waals surface area contributed by atoms with E-state index >= 15 is 0 Å². The van der Waals surface area contributed by atoms with E-state index in [0.717, 1.165) is 11.3 Å². The molecular formula is C21H22N2O3S2. The molecule has 0 saturated carbocycles. The van der Waals surface area contributed by atoms with Crippen LogP contribution in [0.3, 0.4) is 0 Å². The van der Waals surface area contributed by atoms with Crippen LogP contribution in [0.4, 0.5) is 0 Å². The number of H-pyrrole nitrogens is 1. The molecule has 0 unspecified atom stereocenters. The summed E-state index contributed by atoms with van der Waals surface area (Å²) in [6.07, 6.45) is 4.18. The topological polar surface area (TPSA) is 72.0 Å². The number of thiophene rings is 1. The summed E-state index contributed by atoms with van der Waals surface area (Å²) in [5.41, 5.74) is 1.57. The first-order valence-electron chi connectivity index (χ1n) is 9.04. The molecule has 0 amide bonds. The van der Waals surface area contributed by atoms with Crippen molar-refractivity contribution in [1.82, 2.24) is 9.97 Å². The zero-order valence-electron chi connectivity index (χ0n) is 16.0. The second kappa shape index (κ2) is 9.21. The van der Waals surface area contributed by atoms with E-state index in [-0.39, 0.29) is 10.8 Å². The summed E-state index contributed by atoms with van der Waals surface area (Å²) < 4.78 is 5.08. The van der Waals surface area contributed by atoms with Crippen molar-refractivity contribution in [3.8, 4) is 0 Å². The van der Waals surface area contributed by atoms with Crippen molar-refractivity contribution in [2.75, 3.05) is 12.4 Å². The van der Waals surface area contributed by atoms with Gasteiger partial charge in [0.15, 0.2) is 0 Å². The maximum Gasteiger partial charge on any atom is 0.348 e. The van der Waals surface area contributed by atoms with E-state index in [1.54, 1.807) is 25.6 Å². The highest BCUT2D eigenvalue weighted by Gasteiger charge is 2.21. The first-order valence-corrected chi connectivity index (χ1v) is 10.9. The number of nitrogens with zero attached hydrogens (tertiary/aromatic N) is 1. The Morgan fingerprint density at radius 3 is 2.82 bits per heavy atom. The molecule has 3 rings (SSSR count). The van der Waals surface area contributed by atoms with Crippen molar-refractivity contribution in [1.29, 1.82) is 0 Å². The Morgan fingerprint density at radius 2 is 2.11 bits per heavy atom. The monoisotopic (exact) mass is 414 g/mol. The SMILES string of the molecule is CCOC(=O)c1sc2nc([C@H](C)SC/C=C/c3ccccc3)[nH]c(=O)c2c1C. The molecule has 2 heterocycles. The van der Waals surface area contributed by atoms with Gasteiger partial charge in [-0.2, -0.15) is 0 Å². The maximum absolute atomic E-state index is 12.6. The molecule has 0 spiro atoms. The number of esters is 1. The van der Waals surface area contributed by atoms with Crippen molar-refractivity contribution < 1.29 is 9.53 Å². The number of hydrogen-bond donors (Lipinski definition) is 1. The molecule has 0 fully saturated rings. The van der Waals surface area contributed by atoms with Gasteiger partial charge in [-0.15, -0.1) is 23.1 Å². The Bertz CT molecular complexity index is 1050. The first kappa shape index (κ1) is 20.4. The van der Waals surface area contributed by atoms with Gasteiger partial charge < -0.3 is 9.72 Å². The Morgan fingerprint density at radius 1 is 1.36 bits per heavy atom. The first-order chi connectivity index (χ1) is 13.5. The molecule has 2 aromatic heterocycles. The number of ether oxygens (including phenoxy) is 1. The van der Waals surface area contributed by atoms with Gasteiger partial charge in [0.25, 0.3) is 5.56 Å². The van der Waals surface area contributed by atoms with Crippen LogP contribution < -0.4 is 5.56 Å². The predicted octanol–water partition coefficient (Wildman–Crippen LogP) is 4.98. The number of fused-ring (bicyclic) bond motifs is 1. The lowest BCUT2D eigenvalue weighted by molar-refractivity contribution is 0.0531. The average Bonchev–Trinajstić information content (AvgIpc) is 3.03. The predicted molar refractivity (Wildman–Crippen MR) is 117 cm³/mol. The van der Waals surface area contributed by atoms with Crippen LogP contribution in [0.1, 0.15) is 45.7 Å². The smallest absolute Gasteiger partial charge is 0.348 e. The van der Waals surface area contributed by atoms with Crippen LogP contribution in [0.15, 0.2) is 41.2 Å². The summed E-state index contributed by atoms with van der Waals surface area (Å²) in [6.45, 7) is 5.83. The zero-order valence-corrected chi connectivity index (χ0v) is 17.7. The lowest BCUT2D eigenvalue weighted by atomic mass is 10.2. The lowest BCUT2D eigenvalue weighted by Gasteiger charge is -2.09. The van der Waals surface area contributed by atoms with Gasteiger partial charge in [0.05, 0.1) is 17.2 Å². The van der Waals surface area contributed by atoms with Crippen molar-refractivity contribution in [2.45, 2.75) is 26.0 Å². The van der Waals surface area contributed by atoms with Crippen LogP contribution in [-0.2, 0) is 4.74 Å². The Balaban J connectivity index is 1.76. The normalized spacial score (nSPS) is 12.5. The number of aromatic nitrogens is 2. The fourth-order valence-corrected chi connectivity index (χ4v) is 4.62. The minimum atomic E-state index is -0.405. The molecule has 0 bridgehead atoms. The molecule has 3 aromatic rings. The number of aryl methyl sites for hydroxylation is 1. The van der Waals surface area contributed by atoms with E-state index in [4.69, 9.17) is 4.74 Å². The second-order valence-electron chi connectivity index (χ2n) is 6.20. The van der Waals surface area contributed by atoms with Gasteiger partial charge in [0.2, 0.25) is 0 Å². The van der Waals surface area contributed by atoms with Crippen LogP contribution in [0.5, 0.6) is 0 Å². The van der Waals surface area contributed by atoms with Crippen LogP contribution in [-0.4, -0.2) is 28.3 Å². The molecule has 0 aliphatic rings. The maximum atomic E-state index is 12.6. The van der Waals surface area contributed by atoms with E-state index in [0.29, 0.717) is 33.1 Å². The summed E-state index contributed by atoms with van der Waals surface area (Å²) >= 11 is 2.90. The van der Waals surface area contributed by atoms with E-state index in [1.807, 2.05) is 25.1 Å². The van der Waals surface area contributed by atoms with Crippen LogP contribution in [0.2, 0.25) is 0 Å². The Labute approximate surface area is 171 Å². The lowest BCUT2D eigenvalue weighted by Crippen LogP contribution is -2.13. The van der Waals surface area contributed by atoms with Gasteiger partial charge >= 0.3 is 5.97 Å². The third-order valence-corrected chi connectivity index (χ3v) is 6.49. The third-order valence-electron chi connectivity index (χ3n) is 4.22. The molecule has 1 atom stereocenters. The molecule has 5 nitrogen and oxygen atoms in total. The number of rotatable bonds is 7. The summed E-state index contributed by atoms with van der Waals surface area (Å²) in [4.78, 5) is 33.2. The quantitative estimate of drug-likeness (QED) is 0.552. The number of carbonyl (C=O) groups excluding carboxylic acids is 1. The van der Waals surface area contributed by atoms with Gasteiger partial charge in [-0.3, -0.25) is 4.79 Å². The van der Waals surface area contributed by atoms with Crippen molar-refractivity contribution in [3.63, 3.8) is 0 Å². The highest BCUT2D eigenvalue weighted by atomic mass is 32.2.